The van der Waals surface area contributed by atoms with Gasteiger partial charge in [-0.1, -0.05) is 6.07 Å². The van der Waals surface area contributed by atoms with Crippen LogP contribution in [0, 0.1) is 0 Å². The van der Waals surface area contributed by atoms with Gasteiger partial charge in [0.1, 0.15) is 6.54 Å². The molecular formula is C13H17N3O3. The maximum absolute atomic E-state index is 11.9. The summed E-state index contributed by atoms with van der Waals surface area (Å²) in [5.41, 5.74) is 0.902. The van der Waals surface area contributed by atoms with E-state index in [1.54, 1.807) is 6.20 Å². The maximum Gasteiger partial charge on any atom is 0.323 e. The molecule has 1 heterocycles. The van der Waals surface area contributed by atoms with E-state index in [9.17, 15) is 9.59 Å². The molecule has 0 radical (unpaired) electrons. The third kappa shape index (κ3) is 4.24. The van der Waals surface area contributed by atoms with Gasteiger partial charge in [-0.3, -0.25) is 9.78 Å². The molecule has 1 aliphatic rings. The Labute approximate surface area is 111 Å². The van der Waals surface area contributed by atoms with E-state index in [2.05, 4.69) is 10.3 Å². The Kier molecular flexibility index (Phi) is 4.33. The van der Waals surface area contributed by atoms with E-state index in [0.29, 0.717) is 13.0 Å². The number of rotatable bonds is 6. The van der Waals surface area contributed by atoms with Crippen molar-refractivity contribution in [1.29, 1.82) is 0 Å². The number of amides is 2. The largest absolute Gasteiger partial charge is 0.480 e. The zero-order valence-electron chi connectivity index (χ0n) is 10.6. The van der Waals surface area contributed by atoms with E-state index in [1.165, 1.54) is 4.90 Å². The second kappa shape index (κ2) is 6.17. The van der Waals surface area contributed by atoms with Gasteiger partial charge >= 0.3 is 12.0 Å². The van der Waals surface area contributed by atoms with Gasteiger partial charge in [0.25, 0.3) is 0 Å². The van der Waals surface area contributed by atoms with Gasteiger partial charge in [0, 0.05) is 30.9 Å². The Bertz CT molecular complexity index is 446. The summed E-state index contributed by atoms with van der Waals surface area (Å²) in [6, 6.07) is 5.41. The van der Waals surface area contributed by atoms with Gasteiger partial charge in [0.15, 0.2) is 0 Å². The number of hydrogen-bond donors (Lipinski definition) is 2. The van der Waals surface area contributed by atoms with Crippen LogP contribution in [0.2, 0.25) is 0 Å². The summed E-state index contributed by atoms with van der Waals surface area (Å²) in [5.74, 6) is -0.980. The molecule has 0 atom stereocenters. The summed E-state index contributed by atoms with van der Waals surface area (Å²) in [4.78, 5) is 28.1. The van der Waals surface area contributed by atoms with Crippen molar-refractivity contribution in [2.75, 3.05) is 13.1 Å². The number of carboxylic acid groups (broad SMARTS) is 1. The molecule has 19 heavy (non-hydrogen) atoms. The fraction of sp³-hybridized carbons (Fsp3) is 0.462. The van der Waals surface area contributed by atoms with Gasteiger partial charge in [0.05, 0.1) is 0 Å². The van der Waals surface area contributed by atoms with Crippen molar-refractivity contribution in [2.24, 2.45) is 0 Å². The monoisotopic (exact) mass is 263 g/mol. The molecule has 0 unspecified atom stereocenters. The highest BCUT2D eigenvalue weighted by molar-refractivity contribution is 5.80. The van der Waals surface area contributed by atoms with Crippen LogP contribution in [0.4, 0.5) is 4.79 Å². The molecule has 0 aliphatic heterocycles. The number of nitrogens with zero attached hydrogens (tertiary/aromatic N) is 2. The second-order valence-corrected chi connectivity index (χ2v) is 4.56. The van der Waals surface area contributed by atoms with Crippen molar-refractivity contribution >= 4 is 12.0 Å². The Morgan fingerprint density at radius 1 is 1.42 bits per heavy atom. The van der Waals surface area contributed by atoms with Crippen LogP contribution in [0.1, 0.15) is 18.5 Å². The van der Waals surface area contributed by atoms with Crippen molar-refractivity contribution in [3.8, 4) is 0 Å². The first-order valence-corrected chi connectivity index (χ1v) is 6.33. The fourth-order valence-corrected chi connectivity index (χ4v) is 1.84. The molecule has 2 N–H and O–H groups in total. The van der Waals surface area contributed by atoms with Crippen LogP contribution in [0.15, 0.2) is 24.4 Å². The van der Waals surface area contributed by atoms with Gasteiger partial charge < -0.3 is 15.3 Å². The van der Waals surface area contributed by atoms with Crippen LogP contribution in [0.5, 0.6) is 0 Å². The van der Waals surface area contributed by atoms with Crippen molar-refractivity contribution < 1.29 is 14.7 Å². The molecule has 0 bridgehead atoms. The number of aliphatic carboxylic acids is 1. The smallest absolute Gasteiger partial charge is 0.323 e. The predicted molar refractivity (Wildman–Crippen MR) is 68.7 cm³/mol. The van der Waals surface area contributed by atoms with Crippen molar-refractivity contribution in [1.82, 2.24) is 15.2 Å². The van der Waals surface area contributed by atoms with E-state index in [-0.39, 0.29) is 18.6 Å². The molecule has 1 saturated carbocycles. The van der Waals surface area contributed by atoms with Gasteiger partial charge in [-0.25, -0.2) is 4.79 Å². The molecule has 1 aliphatic carbocycles. The van der Waals surface area contributed by atoms with E-state index in [1.807, 2.05) is 18.2 Å². The Hall–Kier alpha value is -2.11. The lowest BCUT2D eigenvalue weighted by Crippen LogP contribution is -2.44. The fourth-order valence-electron chi connectivity index (χ4n) is 1.84. The summed E-state index contributed by atoms with van der Waals surface area (Å²) in [6.07, 6.45) is 4.12. The van der Waals surface area contributed by atoms with E-state index >= 15 is 0 Å². The minimum atomic E-state index is -0.980. The first-order valence-electron chi connectivity index (χ1n) is 6.33. The Morgan fingerprint density at radius 3 is 2.79 bits per heavy atom. The predicted octanol–water partition coefficient (Wildman–Crippen LogP) is 0.883. The molecule has 0 spiro atoms. The topological polar surface area (TPSA) is 82.5 Å². The number of aromatic nitrogens is 1. The number of urea groups is 1. The lowest BCUT2D eigenvalue weighted by atomic mass is 10.3. The molecule has 2 rings (SSSR count). The summed E-state index contributed by atoms with van der Waals surface area (Å²) in [6.45, 7) is 0.221. The highest BCUT2D eigenvalue weighted by Gasteiger charge is 2.33. The number of carbonyl (C=O) groups excluding carboxylic acids is 1. The quantitative estimate of drug-likeness (QED) is 0.798. The van der Waals surface area contributed by atoms with Crippen LogP contribution >= 0.6 is 0 Å². The molecule has 6 heteroatoms. The van der Waals surface area contributed by atoms with Crippen molar-refractivity contribution in [2.45, 2.75) is 25.3 Å². The average Bonchev–Trinajstić information content (AvgIpc) is 3.21. The van der Waals surface area contributed by atoms with Crippen LogP contribution < -0.4 is 5.32 Å². The minimum absolute atomic E-state index is 0.0888. The van der Waals surface area contributed by atoms with E-state index in [0.717, 1.165) is 18.5 Å². The van der Waals surface area contributed by atoms with Crippen LogP contribution in [0.25, 0.3) is 0 Å². The zero-order valence-corrected chi connectivity index (χ0v) is 10.6. The number of carboxylic acids is 1. The highest BCUT2D eigenvalue weighted by atomic mass is 16.4. The minimum Gasteiger partial charge on any atom is -0.480 e. The third-order valence-electron chi connectivity index (χ3n) is 2.94. The number of hydrogen-bond acceptors (Lipinski definition) is 3. The average molecular weight is 263 g/mol. The molecule has 0 saturated heterocycles. The Morgan fingerprint density at radius 2 is 2.21 bits per heavy atom. The summed E-state index contributed by atoms with van der Waals surface area (Å²) >= 11 is 0. The van der Waals surface area contributed by atoms with Gasteiger partial charge in [-0.05, 0) is 25.0 Å². The standard InChI is InChI=1S/C13H17N3O3/c17-12(18)9-16(11-4-5-11)13(19)15-8-6-10-3-1-2-7-14-10/h1-3,7,11H,4-6,8-9H2,(H,15,19)(H,17,18). The van der Waals surface area contributed by atoms with E-state index < -0.39 is 5.97 Å². The maximum atomic E-state index is 11.9. The van der Waals surface area contributed by atoms with Crippen LogP contribution in [-0.2, 0) is 11.2 Å². The summed E-state index contributed by atoms with van der Waals surface area (Å²) < 4.78 is 0. The highest BCUT2D eigenvalue weighted by Crippen LogP contribution is 2.26. The van der Waals surface area contributed by atoms with E-state index in [4.69, 9.17) is 5.11 Å². The number of carbonyl (C=O) groups is 2. The molecule has 1 aromatic heterocycles. The first-order chi connectivity index (χ1) is 9.16. The second-order valence-electron chi connectivity index (χ2n) is 4.56. The molecule has 102 valence electrons. The molecule has 1 aromatic rings. The van der Waals surface area contributed by atoms with Crippen LogP contribution in [0.3, 0.4) is 0 Å². The zero-order chi connectivity index (χ0) is 13.7. The lowest BCUT2D eigenvalue weighted by molar-refractivity contribution is -0.137. The third-order valence-corrected chi connectivity index (χ3v) is 2.94. The van der Waals surface area contributed by atoms with Crippen molar-refractivity contribution in [3.05, 3.63) is 30.1 Å². The lowest BCUT2D eigenvalue weighted by Gasteiger charge is -2.20. The van der Waals surface area contributed by atoms with Crippen molar-refractivity contribution in [3.63, 3.8) is 0 Å². The van der Waals surface area contributed by atoms with Gasteiger partial charge in [-0.2, -0.15) is 0 Å². The normalized spacial score (nSPS) is 13.9. The summed E-state index contributed by atoms with van der Waals surface area (Å²) in [5, 5.41) is 11.5. The van der Waals surface area contributed by atoms with Gasteiger partial charge in [0.2, 0.25) is 0 Å². The summed E-state index contributed by atoms with van der Waals surface area (Å²) in [7, 11) is 0. The molecule has 1 fully saturated rings. The molecule has 0 aromatic carbocycles. The molecule has 6 nitrogen and oxygen atoms in total. The molecular weight excluding hydrogens is 246 g/mol. The van der Waals surface area contributed by atoms with Crippen LogP contribution in [-0.4, -0.2) is 46.1 Å². The Balaban J connectivity index is 1.77. The number of nitrogens with one attached hydrogen (secondary N) is 1. The number of pyridine rings is 1. The molecule has 2 amide bonds. The van der Waals surface area contributed by atoms with Gasteiger partial charge in [-0.15, -0.1) is 0 Å². The first kappa shape index (κ1) is 13.3. The SMILES string of the molecule is O=C(O)CN(C(=O)NCCc1ccccn1)C1CC1.